The molecule has 0 atom stereocenters. The molecular formula is C50H53N5O3. The van der Waals surface area contributed by atoms with Crippen molar-refractivity contribution in [3.05, 3.63) is 167 Å². The Hall–Kier alpha value is -6.19. The molecule has 3 saturated heterocycles. The fraction of sp³-hybridized carbons (Fsp3) is 0.300. The van der Waals surface area contributed by atoms with Crippen molar-refractivity contribution in [2.24, 2.45) is 0 Å². The molecule has 8 nitrogen and oxygen atoms in total. The SMILES string of the molecule is CC.CC1(O)CN(C(=O)c2ccc(C#Cc3ccccc3)cc2)C1.O=C(c1ccc(C#Cc2ccccc2)cc1)N1CCC(N2CCN(c3ccncc3)CC2)CC1. The largest absolute Gasteiger partial charge is 0.386 e. The summed E-state index contributed by atoms with van der Waals surface area (Å²) in [6.07, 6.45) is 5.81. The monoisotopic (exact) mass is 771 g/mol. The molecule has 2 amide bonds. The van der Waals surface area contributed by atoms with Gasteiger partial charge >= 0.3 is 0 Å². The predicted octanol–water partition coefficient (Wildman–Crippen LogP) is 7.23. The van der Waals surface area contributed by atoms with Gasteiger partial charge < -0.3 is 19.8 Å². The predicted molar refractivity (Wildman–Crippen MR) is 233 cm³/mol. The van der Waals surface area contributed by atoms with E-state index in [1.54, 1.807) is 24.0 Å². The molecule has 0 bridgehead atoms. The molecule has 4 heterocycles. The first-order chi connectivity index (χ1) is 28.3. The second-order valence-electron chi connectivity index (χ2n) is 14.8. The van der Waals surface area contributed by atoms with Gasteiger partial charge in [-0.3, -0.25) is 19.5 Å². The molecule has 0 spiro atoms. The van der Waals surface area contributed by atoms with Crippen molar-refractivity contribution in [3.63, 3.8) is 0 Å². The van der Waals surface area contributed by atoms with Crippen LogP contribution in [0.5, 0.6) is 0 Å². The lowest BCUT2D eigenvalue weighted by molar-refractivity contribution is -0.0668. The number of carbonyl (C=O) groups is 2. The molecule has 5 aromatic rings. The van der Waals surface area contributed by atoms with Crippen molar-refractivity contribution in [3.8, 4) is 23.7 Å². The first kappa shape index (κ1) is 41.4. The number of aromatic nitrogens is 1. The van der Waals surface area contributed by atoms with Crippen LogP contribution in [-0.2, 0) is 0 Å². The van der Waals surface area contributed by atoms with Crippen LogP contribution in [0.1, 0.15) is 76.6 Å². The summed E-state index contributed by atoms with van der Waals surface area (Å²) in [4.78, 5) is 38.0. The number of nitrogens with zero attached hydrogens (tertiary/aromatic N) is 5. The number of anilines is 1. The van der Waals surface area contributed by atoms with Crippen molar-refractivity contribution < 1.29 is 14.7 Å². The number of hydrogen-bond donors (Lipinski definition) is 1. The van der Waals surface area contributed by atoms with Crippen molar-refractivity contribution >= 4 is 17.5 Å². The maximum atomic E-state index is 13.0. The van der Waals surface area contributed by atoms with E-state index in [1.165, 1.54) is 5.69 Å². The normalized spacial score (nSPS) is 16.0. The Bertz CT molecular complexity index is 2180. The van der Waals surface area contributed by atoms with E-state index < -0.39 is 5.60 Å². The van der Waals surface area contributed by atoms with Crippen LogP contribution in [0.4, 0.5) is 5.69 Å². The summed E-state index contributed by atoms with van der Waals surface area (Å²) in [7, 11) is 0. The highest BCUT2D eigenvalue weighted by molar-refractivity contribution is 5.95. The average molecular weight is 772 g/mol. The number of piperazine rings is 1. The number of rotatable bonds is 4. The lowest BCUT2D eigenvalue weighted by atomic mass is 9.96. The summed E-state index contributed by atoms with van der Waals surface area (Å²) >= 11 is 0. The van der Waals surface area contributed by atoms with Crippen LogP contribution in [0.15, 0.2) is 134 Å². The Morgan fingerprint density at radius 2 is 0.983 bits per heavy atom. The van der Waals surface area contributed by atoms with Gasteiger partial charge in [-0.05, 0) is 105 Å². The van der Waals surface area contributed by atoms with Crippen LogP contribution in [-0.4, -0.2) is 101 Å². The van der Waals surface area contributed by atoms with Crippen molar-refractivity contribution in [2.45, 2.75) is 45.3 Å². The zero-order valence-corrected chi connectivity index (χ0v) is 33.8. The van der Waals surface area contributed by atoms with E-state index in [9.17, 15) is 14.7 Å². The third kappa shape index (κ3) is 11.4. The lowest BCUT2D eigenvalue weighted by Gasteiger charge is -2.44. The third-order valence-corrected chi connectivity index (χ3v) is 10.5. The molecule has 4 aromatic carbocycles. The number of benzene rings is 4. The van der Waals surface area contributed by atoms with E-state index in [1.807, 2.05) is 128 Å². The van der Waals surface area contributed by atoms with Gasteiger partial charge in [0.25, 0.3) is 11.8 Å². The number of β-amino-alcohol motifs (C(OH)–C–C–N with tert-alkyl or cyclic N) is 1. The van der Waals surface area contributed by atoms with E-state index in [0.29, 0.717) is 24.7 Å². The zero-order chi connectivity index (χ0) is 40.7. The average Bonchev–Trinajstić information content (AvgIpc) is 3.29. The standard InChI is InChI=1S/C29H30N4O.C19H17NO2.C2H6/c34-29(26-10-8-25(9-11-26)7-6-24-4-2-1-3-5-24)33-18-14-28(15-19-33)32-22-20-31(21-23-32)27-12-16-30-17-13-27;1-19(22)13-20(14-19)18(21)17-11-9-16(10-12-17)8-7-15-5-3-2-4-6-15;1-2/h1-5,8-13,16-17,28H,14-15,18-23H2;2-6,9-12,22H,13-14H2,1H3;1-2H3. The van der Waals surface area contributed by atoms with Crippen LogP contribution in [0, 0.1) is 23.7 Å². The molecule has 0 aliphatic carbocycles. The van der Waals surface area contributed by atoms with Gasteiger partial charge in [0.15, 0.2) is 0 Å². The fourth-order valence-electron chi connectivity index (χ4n) is 7.34. The van der Waals surface area contributed by atoms with Crippen LogP contribution >= 0.6 is 0 Å². The van der Waals surface area contributed by atoms with Crippen molar-refractivity contribution in [2.75, 3.05) is 57.3 Å². The molecular weight excluding hydrogens is 719 g/mol. The van der Waals surface area contributed by atoms with Gasteiger partial charge in [-0.15, -0.1) is 0 Å². The molecule has 0 saturated carbocycles. The summed E-state index contributed by atoms with van der Waals surface area (Å²) in [5.74, 6) is 12.6. The molecule has 0 unspecified atom stereocenters. The quantitative estimate of drug-likeness (QED) is 0.195. The maximum absolute atomic E-state index is 13.0. The smallest absolute Gasteiger partial charge is 0.254 e. The Kier molecular flexibility index (Phi) is 14.5. The van der Waals surface area contributed by atoms with Crippen molar-refractivity contribution in [1.82, 2.24) is 19.7 Å². The number of amides is 2. The molecule has 0 radical (unpaired) electrons. The van der Waals surface area contributed by atoms with E-state index in [2.05, 4.69) is 50.6 Å². The summed E-state index contributed by atoms with van der Waals surface area (Å²) in [6, 6.07) is 39.4. The number of pyridine rings is 1. The number of carbonyl (C=O) groups excluding carboxylic acids is 2. The fourth-order valence-corrected chi connectivity index (χ4v) is 7.34. The van der Waals surface area contributed by atoms with Gasteiger partial charge in [0.1, 0.15) is 0 Å². The number of likely N-dealkylation sites (tertiary alicyclic amines) is 2. The molecule has 8 heteroatoms. The minimum Gasteiger partial charge on any atom is -0.386 e. The van der Waals surface area contributed by atoms with Gasteiger partial charge in [-0.25, -0.2) is 0 Å². The molecule has 3 aliphatic rings. The topological polar surface area (TPSA) is 80.2 Å². The first-order valence-electron chi connectivity index (χ1n) is 20.3. The highest BCUT2D eigenvalue weighted by atomic mass is 16.3. The molecule has 58 heavy (non-hydrogen) atoms. The highest BCUT2D eigenvalue weighted by Crippen LogP contribution is 2.24. The van der Waals surface area contributed by atoms with E-state index in [-0.39, 0.29) is 11.8 Å². The molecule has 3 aliphatic heterocycles. The summed E-state index contributed by atoms with van der Waals surface area (Å²) < 4.78 is 0. The summed E-state index contributed by atoms with van der Waals surface area (Å²) in [6.45, 7) is 12.4. The van der Waals surface area contributed by atoms with Gasteiger partial charge in [0, 0.05) is 96.8 Å². The number of aliphatic hydroxyl groups is 1. The van der Waals surface area contributed by atoms with Crippen LogP contribution in [0.3, 0.4) is 0 Å². The van der Waals surface area contributed by atoms with E-state index >= 15 is 0 Å². The summed E-state index contributed by atoms with van der Waals surface area (Å²) in [5.41, 5.74) is 5.63. The van der Waals surface area contributed by atoms with Gasteiger partial charge in [-0.2, -0.15) is 0 Å². The molecule has 296 valence electrons. The molecule has 3 fully saturated rings. The van der Waals surface area contributed by atoms with Crippen LogP contribution in [0.2, 0.25) is 0 Å². The van der Waals surface area contributed by atoms with Gasteiger partial charge in [-0.1, -0.05) is 73.9 Å². The Labute approximate surface area is 344 Å². The Morgan fingerprint density at radius 3 is 1.41 bits per heavy atom. The Balaban J connectivity index is 0.000000204. The Morgan fingerprint density at radius 1 is 0.569 bits per heavy atom. The molecule has 8 rings (SSSR count). The van der Waals surface area contributed by atoms with Gasteiger partial charge in [0.2, 0.25) is 0 Å². The van der Waals surface area contributed by atoms with Gasteiger partial charge in [0.05, 0.1) is 18.7 Å². The van der Waals surface area contributed by atoms with E-state index in [0.717, 1.165) is 79.9 Å². The minimum absolute atomic E-state index is 0.0471. The molecule has 1 aromatic heterocycles. The van der Waals surface area contributed by atoms with Crippen LogP contribution in [0.25, 0.3) is 0 Å². The van der Waals surface area contributed by atoms with E-state index in [4.69, 9.17) is 0 Å². The maximum Gasteiger partial charge on any atom is 0.254 e. The number of hydrogen-bond acceptors (Lipinski definition) is 6. The first-order valence-corrected chi connectivity index (χ1v) is 20.3. The van der Waals surface area contributed by atoms with Crippen LogP contribution < -0.4 is 4.90 Å². The molecule has 1 N–H and O–H groups in total. The third-order valence-electron chi connectivity index (χ3n) is 10.5. The lowest BCUT2D eigenvalue weighted by Crippen LogP contribution is -2.61. The second kappa shape index (κ2) is 20.3. The summed E-state index contributed by atoms with van der Waals surface area (Å²) in [5, 5.41) is 9.69. The highest BCUT2D eigenvalue weighted by Gasteiger charge is 2.39. The zero-order valence-electron chi connectivity index (χ0n) is 33.8. The second-order valence-corrected chi connectivity index (χ2v) is 14.8. The minimum atomic E-state index is -0.739. The number of piperidine rings is 1. The van der Waals surface area contributed by atoms with Crippen molar-refractivity contribution in [1.29, 1.82) is 0 Å².